The second-order valence-corrected chi connectivity index (χ2v) is 8.06. The van der Waals surface area contributed by atoms with Crippen molar-refractivity contribution in [2.24, 2.45) is 11.3 Å². The maximum Gasteiger partial charge on any atom is 0.344 e. The molecule has 1 N–H and O–H groups in total. The molecule has 0 aromatic rings. The van der Waals surface area contributed by atoms with Crippen LogP contribution in [-0.4, -0.2) is 34.9 Å². The fraction of sp³-hybridized carbons (Fsp3) is 0.765. The van der Waals surface area contributed by atoms with E-state index in [0.29, 0.717) is 12.3 Å². The van der Waals surface area contributed by atoms with Gasteiger partial charge in [0.2, 0.25) is 0 Å². The van der Waals surface area contributed by atoms with E-state index >= 15 is 0 Å². The van der Waals surface area contributed by atoms with Gasteiger partial charge in [0.15, 0.2) is 6.61 Å². The van der Waals surface area contributed by atoms with E-state index in [-0.39, 0.29) is 11.0 Å². The van der Waals surface area contributed by atoms with Crippen LogP contribution in [0.2, 0.25) is 0 Å². The van der Waals surface area contributed by atoms with Gasteiger partial charge in [-0.05, 0) is 50.4 Å². The smallest absolute Gasteiger partial charge is 0.344 e. The fourth-order valence-corrected chi connectivity index (χ4v) is 5.40. The molecule has 0 amide bonds. The van der Waals surface area contributed by atoms with Crippen molar-refractivity contribution in [2.75, 3.05) is 6.61 Å². The van der Waals surface area contributed by atoms with Crippen LogP contribution in [0.5, 0.6) is 0 Å². The van der Waals surface area contributed by atoms with E-state index < -0.39 is 29.7 Å². The lowest BCUT2D eigenvalue weighted by atomic mass is 9.47. The first-order chi connectivity index (χ1) is 10.1. The highest BCUT2D eigenvalue weighted by Gasteiger charge is 2.63. The van der Waals surface area contributed by atoms with Gasteiger partial charge < -0.3 is 14.6 Å². The van der Waals surface area contributed by atoms with Gasteiger partial charge in [0.1, 0.15) is 5.60 Å². The van der Waals surface area contributed by atoms with E-state index in [1.54, 1.807) is 0 Å². The van der Waals surface area contributed by atoms with E-state index in [1.165, 1.54) is 6.92 Å². The standard InChI is InChI=1S/C17H24O5/c1-11(2)14(19)21-7-13(18)22-17-6-12-4-15(3,9-17)8-16(20,5-12)10-17/h12,20H,1,4-10H2,2-3H3. The molecule has 4 aliphatic carbocycles. The second kappa shape index (κ2) is 4.82. The molecule has 22 heavy (non-hydrogen) atoms. The third kappa shape index (κ3) is 2.78. The van der Waals surface area contributed by atoms with E-state index in [0.717, 1.165) is 32.1 Å². The van der Waals surface area contributed by atoms with Crippen molar-refractivity contribution >= 4 is 11.9 Å². The average Bonchev–Trinajstić information content (AvgIpc) is 2.30. The predicted octanol–water partition coefficient (Wildman–Crippen LogP) is 2.12. The summed E-state index contributed by atoms with van der Waals surface area (Å²) in [7, 11) is 0. The molecule has 4 aliphatic rings. The average molecular weight is 308 g/mol. The van der Waals surface area contributed by atoms with E-state index in [2.05, 4.69) is 13.5 Å². The van der Waals surface area contributed by atoms with E-state index in [4.69, 9.17) is 9.47 Å². The molecule has 0 aromatic carbocycles. The van der Waals surface area contributed by atoms with Crippen molar-refractivity contribution in [2.45, 2.75) is 63.6 Å². The van der Waals surface area contributed by atoms with E-state index in [1.807, 2.05) is 0 Å². The first-order valence-electron chi connectivity index (χ1n) is 7.90. The van der Waals surface area contributed by atoms with E-state index in [9.17, 15) is 14.7 Å². The van der Waals surface area contributed by atoms with Crippen molar-refractivity contribution in [1.29, 1.82) is 0 Å². The van der Waals surface area contributed by atoms with Crippen molar-refractivity contribution < 1.29 is 24.2 Å². The van der Waals surface area contributed by atoms with Crippen molar-refractivity contribution in [3.8, 4) is 0 Å². The van der Waals surface area contributed by atoms with Crippen LogP contribution in [-0.2, 0) is 19.1 Å². The maximum atomic E-state index is 12.1. The summed E-state index contributed by atoms with van der Waals surface area (Å²) in [6.45, 7) is 6.78. The number of ether oxygens (including phenoxy) is 2. The fourth-order valence-electron chi connectivity index (χ4n) is 5.40. The Balaban J connectivity index is 1.66. The Hall–Kier alpha value is -1.36. The van der Waals surface area contributed by atoms with Gasteiger partial charge in [-0.15, -0.1) is 0 Å². The Morgan fingerprint density at radius 1 is 1.23 bits per heavy atom. The van der Waals surface area contributed by atoms with Gasteiger partial charge in [-0.3, -0.25) is 0 Å². The number of hydrogen-bond donors (Lipinski definition) is 1. The second-order valence-electron chi connectivity index (χ2n) is 8.06. The van der Waals surface area contributed by atoms with Crippen LogP contribution in [0.4, 0.5) is 0 Å². The van der Waals surface area contributed by atoms with Gasteiger partial charge >= 0.3 is 11.9 Å². The summed E-state index contributed by atoms with van der Waals surface area (Å²) in [5.41, 5.74) is -0.995. The molecular formula is C17H24O5. The number of rotatable bonds is 4. The molecule has 0 heterocycles. The van der Waals surface area contributed by atoms with Crippen LogP contribution < -0.4 is 0 Å². The Morgan fingerprint density at radius 2 is 1.95 bits per heavy atom. The molecule has 5 nitrogen and oxygen atoms in total. The lowest BCUT2D eigenvalue weighted by Gasteiger charge is -2.63. The summed E-state index contributed by atoms with van der Waals surface area (Å²) in [4.78, 5) is 23.4. The van der Waals surface area contributed by atoms with Gasteiger partial charge in [0.05, 0.1) is 5.60 Å². The van der Waals surface area contributed by atoms with Gasteiger partial charge in [0.25, 0.3) is 0 Å². The molecule has 122 valence electrons. The third-order valence-corrected chi connectivity index (χ3v) is 5.27. The lowest BCUT2D eigenvalue weighted by Crippen LogP contribution is -2.63. The Bertz CT molecular complexity index is 519. The predicted molar refractivity (Wildman–Crippen MR) is 78.8 cm³/mol. The minimum atomic E-state index is -0.706. The number of hydrogen-bond acceptors (Lipinski definition) is 5. The molecule has 5 heteroatoms. The van der Waals surface area contributed by atoms with Crippen LogP contribution >= 0.6 is 0 Å². The molecule has 4 unspecified atom stereocenters. The van der Waals surface area contributed by atoms with Gasteiger partial charge in [-0.25, -0.2) is 9.59 Å². The molecule has 4 saturated carbocycles. The summed E-state index contributed by atoms with van der Waals surface area (Å²) < 4.78 is 10.6. The quantitative estimate of drug-likeness (QED) is 0.636. The first kappa shape index (κ1) is 15.5. The normalized spacial score (nSPS) is 42.0. The molecule has 4 rings (SSSR count). The van der Waals surface area contributed by atoms with Crippen LogP contribution in [0, 0.1) is 11.3 Å². The van der Waals surface area contributed by atoms with Gasteiger partial charge in [0, 0.05) is 12.0 Å². The van der Waals surface area contributed by atoms with Crippen molar-refractivity contribution in [3.63, 3.8) is 0 Å². The first-order valence-corrected chi connectivity index (χ1v) is 7.90. The zero-order valence-electron chi connectivity index (χ0n) is 13.3. The molecule has 0 aromatic heterocycles. The highest BCUT2D eigenvalue weighted by atomic mass is 16.6. The summed E-state index contributed by atoms with van der Waals surface area (Å²) in [5, 5.41) is 10.7. The summed E-state index contributed by atoms with van der Waals surface area (Å²) in [5.74, 6) is -0.714. The lowest BCUT2D eigenvalue weighted by molar-refractivity contribution is -0.240. The monoisotopic (exact) mass is 308 g/mol. The molecular weight excluding hydrogens is 284 g/mol. The summed E-state index contributed by atoms with van der Waals surface area (Å²) >= 11 is 0. The van der Waals surface area contributed by atoms with Crippen molar-refractivity contribution in [1.82, 2.24) is 0 Å². The largest absolute Gasteiger partial charge is 0.456 e. The molecule has 4 atom stereocenters. The zero-order chi connectivity index (χ0) is 16.2. The van der Waals surface area contributed by atoms with Crippen LogP contribution in [0.1, 0.15) is 52.4 Å². The summed E-state index contributed by atoms with van der Waals surface area (Å²) in [6.07, 6.45) is 4.81. The molecule has 0 radical (unpaired) electrons. The van der Waals surface area contributed by atoms with Crippen LogP contribution in [0.15, 0.2) is 12.2 Å². The third-order valence-electron chi connectivity index (χ3n) is 5.27. The number of esters is 2. The molecule has 0 saturated heterocycles. The van der Waals surface area contributed by atoms with Gasteiger partial charge in [-0.2, -0.15) is 0 Å². The Labute approximate surface area is 130 Å². The molecule has 4 bridgehead atoms. The van der Waals surface area contributed by atoms with Gasteiger partial charge in [-0.1, -0.05) is 13.5 Å². The number of aliphatic hydroxyl groups is 1. The van der Waals surface area contributed by atoms with Crippen LogP contribution in [0.3, 0.4) is 0 Å². The number of carbonyl (C=O) groups is 2. The highest BCUT2D eigenvalue weighted by Crippen LogP contribution is 2.64. The Kier molecular flexibility index (Phi) is 3.40. The SMILES string of the molecule is C=C(C)C(=O)OCC(=O)OC12CC3CC(C)(CC(O)(C3)C1)C2. The zero-order valence-corrected chi connectivity index (χ0v) is 13.3. The number of carbonyl (C=O) groups excluding carboxylic acids is 2. The minimum absolute atomic E-state index is 0.0445. The maximum absolute atomic E-state index is 12.1. The summed E-state index contributed by atoms with van der Waals surface area (Å²) in [6, 6.07) is 0. The molecule has 0 aliphatic heterocycles. The molecule has 4 fully saturated rings. The van der Waals surface area contributed by atoms with Crippen LogP contribution in [0.25, 0.3) is 0 Å². The molecule has 0 spiro atoms. The minimum Gasteiger partial charge on any atom is -0.456 e. The van der Waals surface area contributed by atoms with Crippen molar-refractivity contribution in [3.05, 3.63) is 12.2 Å². The highest BCUT2D eigenvalue weighted by molar-refractivity contribution is 5.88. The Morgan fingerprint density at radius 3 is 2.55 bits per heavy atom. The topological polar surface area (TPSA) is 72.8 Å².